The number of hydrogen-bond acceptors (Lipinski definition) is 5. The molecule has 2 N–H and O–H groups in total. The molecule has 2 rings (SSSR count). The SMILES string of the molecule is COC[C@H]1O[C@@H](c2ccc(N)n(C)c2=O)C(C)[C@H]1OC. The highest BCUT2D eigenvalue weighted by molar-refractivity contribution is 5.33. The molecular weight excluding hydrogens is 260 g/mol. The van der Waals surface area contributed by atoms with E-state index in [2.05, 4.69) is 0 Å². The molecule has 112 valence electrons. The zero-order valence-electron chi connectivity index (χ0n) is 12.3. The number of methoxy groups -OCH3 is 2. The second-order valence-corrected chi connectivity index (χ2v) is 5.19. The Morgan fingerprint density at radius 2 is 2.10 bits per heavy atom. The molecule has 0 aliphatic carbocycles. The average Bonchev–Trinajstić information content (AvgIpc) is 2.73. The van der Waals surface area contributed by atoms with Crippen LogP contribution in [-0.4, -0.2) is 37.6 Å². The maximum Gasteiger partial charge on any atom is 0.257 e. The molecule has 0 amide bonds. The number of nitrogens with two attached hydrogens (primary N) is 1. The van der Waals surface area contributed by atoms with Crippen molar-refractivity contribution in [3.8, 4) is 0 Å². The molecule has 6 heteroatoms. The lowest BCUT2D eigenvalue weighted by atomic mass is 9.94. The van der Waals surface area contributed by atoms with Gasteiger partial charge in [-0.15, -0.1) is 0 Å². The minimum atomic E-state index is -0.306. The number of rotatable bonds is 4. The van der Waals surface area contributed by atoms with Crippen LogP contribution >= 0.6 is 0 Å². The van der Waals surface area contributed by atoms with Crippen LogP contribution in [0, 0.1) is 5.92 Å². The van der Waals surface area contributed by atoms with E-state index in [1.807, 2.05) is 6.92 Å². The largest absolute Gasteiger partial charge is 0.385 e. The summed E-state index contributed by atoms with van der Waals surface area (Å²) in [6.07, 6.45) is -0.575. The van der Waals surface area contributed by atoms with Crippen molar-refractivity contribution in [2.75, 3.05) is 26.6 Å². The predicted octanol–water partition coefficient (Wildman–Crippen LogP) is 0.705. The van der Waals surface area contributed by atoms with Crippen LogP contribution in [0.4, 0.5) is 5.82 Å². The average molecular weight is 282 g/mol. The van der Waals surface area contributed by atoms with Crippen LogP contribution in [0.5, 0.6) is 0 Å². The van der Waals surface area contributed by atoms with Crippen molar-refractivity contribution in [2.45, 2.75) is 25.2 Å². The van der Waals surface area contributed by atoms with Gasteiger partial charge in [0.25, 0.3) is 5.56 Å². The Kier molecular flexibility index (Phi) is 4.47. The van der Waals surface area contributed by atoms with Crippen molar-refractivity contribution in [2.24, 2.45) is 13.0 Å². The number of nitrogens with zero attached hydrogens (tertiary/aromatic N) is 1. The lowest BCUT2D eigenvalue weighted by Crippen LogP contribution is -2.31. The molecule has 0 saturated carbocycles. The van der Waals surface area contributed by atoms with Gasteiger partial charge in [0, 0.05) is 32.7 Å². The van der Waals surface area contributed by atoms with Gasteiger partial charge >= 0.3 is 0 Å². The third-order valence-electron chi connectivity index (χ3n) is 3.97. The summed E-state index contributed by atoms with van der Waals surface area (Å²) < 4.78 is 18.1. The number of nitrogen functional groups attached to an aromatic ring is 1. The van der Waals surface area contributed by atoms with Crippen LogP contribution in [0.25, 0.3) is 0 Å². The Balaban J connectivity index is 2.34. The summed E-state index contributed by atoms with van der Waals surface area (Å²) in [6.45, 7) is 2.46. The molecule has 1 aromatic heterocycles. The normalized spacial score (nSPS) is 29.8. The van der Waals surface area contributed by atoms with Gasteiger partial charge in [-0.1, -0.05) is 6.92 Å². The number of hydrogen-bond donors (Lipinski definition) is 1. The fourth-order valence-corrected chi connectivity index (χ4v) is 2.81. The van der Waals surface area contributed by atoms with E-state index in [1.54, 1.807) is 33.4 Å². The minimum absolute atomic E-state index is 0.0662. The standard InChI is InChI=1S/C14H22N2O4/c1-8-12(20-10(7-18-3)13(8)19-4)9-5-6-11(15)16(2)14(9)17/h5-6,8,10,12-13H,7,15H2,1-4H3/t8?,10-,12-,13-/m1/s1. The van der Waals surface area contributed by atoms with Gasteiger partial charge in [0.1, 0.15) is 11.9 Å². The summed E-state index contributed by atoms with van der Waals surface area (Å²) in [6, 6.07) is 3.46. The lowest BCUT2D eigenvalue weighted by Gasteiger charge is -2.19. The highest BCUT2D eigenvalue weighted by Crippen LogP contribution is 2.38. The second-order valence-electron chi connectivity index (χ2n) is 5.19. The molecule has 0 spiro atoms. The molecule has 20 heavy (non-hydrogen) atoms. The maximum absolute atomic E-state index is 12.3. The van der Waals surface area contributed by atoms with Crippen LogP contribution in [0.15, 0.2) is 16.9 Å². The van der Waals surface area contributed by atoms with Gasteiger partial charge in [-0.2, -0.15) is 0 Å². The molecule has 0 radical (unpaired) electrons. The van der Waals surface area contributed by atoms with Crippen LogP contribution in [0.3, 0.4) is 0 Å². The first-order valence-corrected chi connectivity index (χ1v) is 6.63. The van der Waals surface area contributed by atoms with Gasteiger partial charge in [-0.05, 0) is 12.1 Å². The van der Waals surface area contributed by atoms with Gasteiger partial charge in [0.2, 0.25) is 0 Å². The number of ether oxygens (including phenoxy) is 3. The fourth-order valence-electron chi connectivity index (χ4n) is 2.81. The first-order valence-electron chi connectivity index (χ1n) is 6.63. The van der Waals surface area contributed by atoms with Crippen molar-refractivity contribution in [3.05, 3.63) is 28.0 Å². The van der Waals surface area contributed by atoms with Crippen LogP contribution < -0.4 is 11.3 Å². The zero-order chi connectivity index (χ0) is 14.9. The molecule has 4 atom stereocenters. The van der Waals surface area contributed by atoms with E-state index in [0.717, 1.165) is 0 Å². The third-order valence-corrected chi connectivity index (χ3v) is 3.97. The number of pyridine rings is 1. The summed E-state index contributed by atoms with van der Waals surface area (Å²) in [5, 5.41) is 0. The maximum atomic E-state index is 12.3. The Hall–Kier alpha value is -1.37. The number of aromatic nitrogens is 1. The van der Waals surface area contributed by atoms with E-state index < -0.39 is 0 Å². The molecular formula is C14H22N2O4. The lowest BCUT2D eigenvalue weighted by molar-refractivity contribution is -0.0450. The van der Waals surface area contributed by atoms with E-state index in [1.165, 1.54) is 4.57 Å². The fraction of sp³-hybridized carbons (Fsp3) is 0.643. The summed E-state index contributed by atoms with van der Waals surface area (Å²) >= 11 is 0. The Bertz CT molecular complexity index is 528. The smallest absolute Gasteiger partial charge is 0.257 e. The summed E-state index contributed by atoms with van der Waals surface area (Å²) in [4.78, 5) is 12.3. The van der Waals surface area contributed by atoms with Gasteiger partial charge in [0.05, 0.1) is 18.8 Å². The number of anilines is 1. The summed E-state index contributed by atoms with van der Waals surface area (Å²) in [7, 11) is 4.92. The first kappa shape index (κ1) is 15.0. The van der Waals surface area contributed by atoms with E-state index in [9.17, 15) is 4.79 Å². The molecule has 1 saturated heterocycles. The Morgan fingerprint density at radius 1 is 1.40 bits per heavy atom. The van der Waals surface area contributed by atoms with Gasteiger partial charge < -0.3 is 19.9 Å². The van der Waals surface area contributed by atoms with Crippen molar-refractivity contribution in [1.29, 1.82) is 0 Å². The molecule has 1 aliphatic heterocycles. The van der Waals surface area contributed by atoms with Crippen molar-refractivity contribution in [3.63, 3.8) is 0 Å². The highest BCUT2D eigenvalue weighted by atomic mass is 16.6. The first-order chi connectivity index (χ1) is 9.51. The molecule has 1 fully saturated rings. The van der Waals surface area contributed by atoms with Crippen LogP contribution in [0.2, 0.25) is 0 Å². The Morgan fingerprint density at radius 3 is 2.70 bits per heavy atom. The van der Waals surface area contributed by atoms with Crippen molar-refractivity contribution in [1.82, 2.24) is 4.57 Å². The summed E-state index contributed by atoms with van der Waals surface area (Å²) in [5.74, 6) is 0.498. The van der Waals surface area contributed by atoms with Gasteiger partial charge in [0.15, 0.2) is 0 Å². The molecule has 1 aromatic rings. The minimum Gasteiger partial charge on any atom is -0.385 e. The zero-order valence-corrected chi connectivity index (χ0v) is 12.3. The molecule has 2 heterocycles. The van der Waals surface area contributed by atoms with E-state index in [-0.39, 0.29) is 29.8 Å². The van der Waals surface area contributed by atoms with E-state index in [0.29, 0.717) is 18.0 Å². The van der Waals surface area contributed by atoms with Crippen molar-refractivity contribution >= 4 is 5.82 Å². The topological polar surface area (TPSA) is 75.7 Å². The summed E-state index contributed by atoms with van der Waals surface area (Å²) in [5.41, 5.74) is 6.21. The molecule has 1 unspecified atom stereocenters. The predicted molar refractivity (Wildman–Crippen MR) is 75.5 cm³/mol. The second kappa shape index (κ2) is 5.95. The molecule has 6 nitrogen and oxygen atoms in total. The van der Waals surface area contributed by atoms with E-state index >= 15 is 0 Å². The Labute approximate surface area is 118 Å². The van der Waals surface area contributed by atoms with Crippen molar-refractivity contribution < 1.29 is 14.2 Å². The van der Waals surface area contributed by atoms with Crippen LogP contribution in [-0.2, 0) is 21.3 Å². The quantitative estimate of drug-likeness (QED) is 0.880. The van der Waals surface area contributed by atoms with E-state index in [4.69, 9.17) is 19.9 Å². The third kappa shape index (κ3) is 2.46. The molecule has 1 aliphatic rings. The molecule has 0 aromatic carbocycles. The van der Waals surface area contributed by atoms with Crippen LogP contribution in [0.1, 0.15) is 18.6 Å². The van der Waals surface area contributed by atoms with Gasteiger partial charge in [-0.3, -0.25) is 9.36 Å². The highest BCUT2D eigenvalue weighted by Gasteiger charge is 2.43. The molecule has 0 bridgehead atoms. The van der Waals surface area contributed by atoms with Gasteiger partial charge in [-0.25, -0.2) is 0 Å². The monoisotopic (exact) mass is 282 g/mol.